The largest absolute Gasteiger partial charge is 0.463 e. The fourth-order valence-corrected chi connectivity index (χ4v) is 4.71. The third-order valence-electron chi connectivity index (χ3n) is 5.78. The molecule has 0 aromatic rings. The number of cyclic esters (lactones) is 1. The topological polar surface area (TPSA) is 35.5 Å². The maximum absolute atomic E-state index is 12.3. The first-order chi connectivity index (χ1) is 9.49. The molecule has 0 N–H and O–H groups in total. The van der Waals surface area contributed by atoms with Gasteiger partial charge < -0.3 is 9.16 Å². The normalized spacial score (nSPS) is 34.0. The van der Waals surface area contributed by atoms with Gasteiger partial charge in [-0.2, -0.15) is 0 Å². The molecule has 2 rings (SSSR count). The quantitative estimate of drug-likeness (QED) is 0.433. The molecule has 3 nitrogen and oxygen atoms in total. The third kappa shape index (κ3) is 2.85. The Morgan fingerprint density at radius 3 is 2.57 bits per heavy atom. The Morgan fingerprint density at radius 2 is 2.00 bits per heavy atom. The van der Waals surface area contributed by atoms with Crippen LogP contribution in [0.15, 0.2) is 11.6 Å². The fraction of sp³-hybridized carbons (Fsp3) is 0.824. The van der Waals surface area contributed by atoms with Crippen LogP contribution in [0.4, 0.5) is 0 Å². The van der Waals surface area contributed by atoms with E-state index in [0.717, 1.165) is 12.8 Å². The molecule has 0 aromatic carbocycles. The Hall–Kier alpha value is -0.613. The summed E-state index contributed by atoms with van der Waals surface area (Å²) in [6, 6.07) is 0. The number of allylic oxidation sites excluding steroid dienone is 1. The highest BCUT2D eigenvalue weighted by Crippen LogP contribution is 2.49. The van der Waals surface area contributed by atoms with Crippen LogP contribution in [0.5, 0.6) is 0 Å². The first-order valence-corrected chi connectivity index (χ1v) is 10.9. The smallest absolute Gasteiger partial charge is 0.312 e. The van der Waals surface area contributed by atoms with Gasteiger partial charge >= 0.3 is 5.97 Å². The van der Waals surface area contributed by atoms with Gasteiger partial charge in [-0.1, -0.05) is 32.4 Å². The molecule has 0 radical (unpaired) electrons. The Balaban J connectivity index is 2.30. The van der Waals surface area contributed by atoms with Gasteiger partial charge in [0.1, 0.15) is 6.61 Å². The van der Waals surface area contributed by atoms with Gasteiger partial charge in [0.05, 0.1) is 11.5 Å². The van der Waals surface area contributed by atoms with E-state index in [9.17, 15) is 4.79 Å². The average molecular weight is 311 g/mol. The first-order valence-electron chi connectivity index (χ1n) is 8.01. The molecule has 3 atom stereocenters. The Bertz CT molecular complexity index is 461. The zero-order valence-corrected chi connectivity index (χ0v) is 15.6. The fourth-order valence-electron chi connectivity index (χ4n) is 3.39. The standard InChI is InChI=1S/C17H30O3Si/c1-12-9-8-10-17(5)14(12)13(11-19-15(17)18)20-21(6,7)16(2,3)4/h9,13-14H,8,10-11H2,1-7H3/t13-,14+,17+/m1/s1. The Morgan fingerprint density at radius 1 is 1.38 bits per heavy atom. The lowest BCUT2D eigenvalue weighted by molar-refractivity contribution is -0.177. The van der Waals surface area contributed by atoms with E-state index >= 15 is 0 Å². The van der Waals surface area contributed by atoms with Crippen molar-refractivity contribution in [2.45, 2.75) is 71.7 Å². The van der Waals surface area contributed by atoms with Crippen LogP contribution >= 0.6 is 0 Å². The van der Waals surface area contributed by atoms with Crippen LogP contribution in [0.1, 0.15) is 47.5 Å². The van der Waals surface area contributed by atoms with Crippen LogP contribution in [-0.2, 0) is 14.0 Å². The molecule has 120 valence electrons. The number of rotatable bonds is 2. The molecular weight excluding hydrogens is 280 g/mol. The number of hydrogen-bond acceptors (Lipinski definition) is 3. The van der Waals surface area contributed by atoms with E-state index in [1.165, 1.54) is 5.57 Å². The van der Waals surface area contributed by atoms with E-state index in [1.54, 1.807) is 0 Å². The van der Waals surface area contributed by atoms with Crippen LogP contribution in [-0.4, -0.2) is 27.0 Å². The van der Waals surface area contributed by atoms with E-state index < -0.39 is 13.7 Å². The van der Waals surface area contributed by atoms with Gasteiger partial charge in [-0.3, -0.25) is 4.79 Å². The molecular formula is C17H30O3Si. The Labute approximate surface area is 130 Å². The van der Waals surface area contributed by atoms with Crippen molar-refractivity contribution >= 4 is 14.3 Å². The molecule has 21 heavy (non-hydrogen) atoms. The van der Waals surface area contributed by atoms with E-state index in [0.29, 0.717) is 6.61 Å². The van der Waals surface area contributed by atoms with Crippen molar-refractivity contribution in [2.24, 2.45) is 11.3 Å². The van der Waals surface area contributed by atoms with Gasteiger partial charge in [-0.15, -0.1) is 0 Å². The molecule has 0 saturated carbocycles. The first kappa shape index (κ1) is 16.8. The lowest BCUT2D eigenvalue weighted by Crippen LogP contribution is -2.56. The second-order valence-corrected chi connectivity index (χ2v) is 13.2. The highest BCUT2D eigenvalue weighted by Gasteiger charge is 2.54. The second-order valence-electron chi connectivity index (χ2n) is 8.40. The monoisotopic (exact) mass is 310 g/mol. The van der Waals surface area contributed by atoms with Gasteiger partial charge in [0, 0.05) is 5.92 Å². The van der Waals surface area contributed by atoms with Gasteiger partial charge in [0.2, 0.25) is 0 Å². The van der Waals surface area contributed by atoms with Crippen LogP contribution in [0, 0.1) is 11.3 Å². The minimum Gasteiger partial charge on any atom is -0.463 e. The third-order valence-corrected chi connectivity index (χ3v) is 10.3. The van der Waals surface area contributed by atoms with Gasteiger partial charge in [0.25, 0.3) is 0 Å². The molecule has 1 fully saturated rings. The summed E-state index contributed by atoms with van der Waals surface area (Å²) in [6.45, 7) is 15.9. The summed E-state index contributed by atoms with van der Waals surface area (Å²) in [5.74, 6) is 0.122. The highest BCUT2D eigenvalue weighted by molar-refractivity contribution is 6.74. The SMILES string of the molecule is CC1=CCC[C@]2(C)C(=O)OC[C@@H](O[Si](C)(C)C(C)(C)C)[C@H]12. The van der Waals surface area contributed by atoms with Crippen molar-refractivity contribution in [3.05, 3.63) is 11.6 Å². The second kappa shape index (κ2) is 5.23. The summed E-state index contributed by atoms with van der Waals surface area (Å²) in [6.07, 6.45) is 4.10. The number of esters is 1. The molecule has 0 aromatic heterocycles. The number of carbonyl (C=O) groups excluding carboxylic acids is 1. The Kier molecular flexibility index (Phi) is 4.18. The zero-order valence-electron chi connectivity index (χ0n) is 14.6. The van der Waals surface area contributed by atoms with Crippen molar-refractivity contribution in [2.75, 3.05) is 6.61 Å². The molecule has 0 unspecified atom stereocenters. The van der Waals surface area contributed by atoms with E-state index in [4.69, 9.17) is 9.16 Å². The maximum Gasteiger partial charge on any atom is 0.312 e. The van der Waals surface area contributed by atoms with Crippen molar-refractivity contribution < 1.29 is 14.0 Å². The van der Waals surface area contributed by atoms with Crippen molar-refractivity contribution in [1.29, 1.82) is 0 Å². The molecule has 1 aliphatic heterocycles. The minimum atomic E-state index is -1.87. The summed E-state index contributed by atoms with van der Waals surface area (Å²) in [5, 5.41) is 0.164. The predicted octanol–water partition coefficient (Wildman–Crippen LogP) is 4.30. The van der Waals surface area contributed by atoms with Crippen molar-refractivity contribution in [3.8, 4) is 0 Å². The molecule has 0 amide bonds. The van der Waals surface area contributed by atoms with E-state index in [1.807, 2.05) is 0 Å². The van der Waals surface area contributed by atoms with Gasteiger partial charge in [-0.25, -0.2) is 0 Å². The zero-order chi connectivity index (χ0) is 16.1. The summed E-state index contributed by atoms with van der Waals surface area (Å²) in [7, 11) is -1.87. The van der Waals surface area contributed by atoms with Gasteiger partial charge in [-0.05, 0) is 44.8 Å². The van der Waals surface area contributed by atoms with Crippen molar-refractivity contribution in [1.82, 2.24) is 0 Å². The van der Waals surface area contributed by atoms with Crippen molar-refractivity contribution in [3.63, 3.8) is 0 Å². The van der Waals surface area contributed by atoms with Gasteiger partial charge in [0.15, 0.2) is 8.32 Å². The number of hydrogen-bond donors (Lipinski definition) is 0. The van der Waals surface area contributed by atoms with E-state index in [-0.39, 0.29) is 23.0 Å². The summed E-state index contributed by atoms with van der Waals surface area (Å²) in [5.41, 5.74) is 0.883. The maximum atomic E-state index is 12.3. The van der Waals surface area contributed by atoms with Crippen LogP contribution in [0.25, 0.3) is 0 Å². The van der Waals surface area contributed by atoms with Crippen LogP contribution < -0.4 is 0 Å². The molecule has 1 heterocycles. The minimum absolute atomic E-state index is 0.00476. The molecule has 1 aliphatic carbocycles. The van der Waals surface area contributed by atoms with E-state index in [2.05, 4.69) is 53.8 Å². The molecule has 2 aliphatic rings. The number of ether oxygens (including phenoxy) is 1. The number of fused-ring (bicyclic) bond motifs is 1. The lowest BCUT2D eigenvalue weighted by Gasteiger charge is -2.50. The lowest BCUT2D eigenvalue weighted by atomic mass is 9.64. The highest BCUT2D eigenvalue weighted by atomic mass is 28.4. The number of carbonyl (C=O) groups is 1. The summed E-state index contributed by atoms with van der Waals surface area (Å²) < 4.78 is 12.1. The molecule has 0 bridgehead atoms. The summed E-state index contributed by atoms with van der Waals surface area (Å²) >= 11 is 0. The van der Waals surface area contributed by atoms with Crippen LogP contribution in [0.2, 0.25) is 18.1 Å². The summed E-state index contributed by atoms with van der Waals surface area (Å²) in [4.78, 5) is 12.3. The molecule has 4 heteroatoms. The average Bonchev–Trinajstić information content (AvgIpc) is 2.32. The molecule has 1 saturated heterocycles. The predicted molar refractivity (Wildman–Crippen MR) is 87.6 cm³/mol. The van der Waals surface area contributed by atoms with Crippen LogP contribution in [0.3, 0.4) is 0 Å². The molecule has 0 spiro atoms.